The average molecular weight is 293 g/mol. The van der Waals surface area contributed by atoms with Crippen molar-refractivity contribution < 1.29 is 4.43 Å². The summed E-state index contributed by atoms with van der Waals surface area (Å²) in [7, 11) is -2.01. The SMILES string of the molecule is CCC(C)[Si](OC(C)(C)C)(c1ccccc1)C(C)CC. The first-order valence-electron chi connectivity index (χ1n) is 8.03. The fourth-order valence-electron chi connectivity index (χ4n) is 3.13. The van der Waals surface area contributed by atoms with Crippen LogP contribution in [0.3, 0.4) is 0 Å². The quantitative estimate of drug-likeness (QED) is 0.650. The zero-order chi connectivity index (χ0) is 15.4. The van der Waals surface area contributed by atoms with E-state index in [0.717, 1.165) is 0 Å². The van der Waals surface area contributed by atoms with Gasteiger partial charge in [0.1, 0.15) is 0 Å². The van der Waals surface area contributed by atoms with Crippen LogP contribution in [0.15, 0.2) is 30.3 Å². The molecule has 0 radical (unpaired) electrons. The van der Waals surface area contributed by atoms with Crippen molar-refractivity contribution in [3.63, 3.8) is 0 Å². The van der Waals surface area contributed by atoms with E-state index in [1.165, 1.54) is 18.0 Å². The average Bonchev–Trinajstić information content (AvgIpc) is 2.43. The molecule has 0 saturated heterocycles. The maximum atomic E-state index is 6.86. The molecule has 2 unspecified atom stereocenters. The lowest BCUT2D eigenvalue weighted by Gasteiger charge is -2.45. The molecule has 20 heavy (non-hydrogen) atoms. The maximum absolute atomic E-state index is 6.86. The van der Waals surface area contributed by atoms with Gasteiger partial charge in [-0.05, 0) is 37.0 Å². The number of benzene rings is 1. The predicted molar refractivity (Wildman–Crippen MR) is 92.1 cm³/mol. The molecule has 0 aliphatic heterocycles. The zero-order valence-electron chi connectivity index (χ0n) is 14.4. The zero-order valence-corrected chi connectivity index (χ0v) is 15.4. The fraction of sp³-hybridized carbons (Fsp3) is 0.667. The van der Waals surface area contributed by atoms with Gasteiger partial charge in [0.2, 0.25) is 8.32 Å². The first kappa shape index (κ1) is 17.4. The van der Waals surface area contributed by atoms with Crippen LogP contribution < -0.4 is 5.19 Å². The van der Waals surface area contributed by atoms with Gasteiger partial charge >= 0.3 is 0 Å². The number of hydrogen-bond donors (Lipinski definition) is 0. The van der Waals surface area contributed by atoms with Gasteiger partial charge < -0.3 is 4.43 Å². The van der Waals surface area contributed by atoms with Gasteiger partial charge in [-0.3, -0.25) is 0 Å². The topological polar surface area (TPSA) is 9.23 Å². The molecule has 2 atom stereocenters. The van der Waals surface area contributed by atoms with Gasteiger partial charge in [-0.25, -0.2) is 0 Å². The van der Waals surface area contributed by atoms with E-state index in [4.69, 9.17) is 4.43 Å². The molecule has 1 aromatic carbocycles. The molecule has 0 N–H and O–H groups in total. The predicted octanol–water partition coefficient (Wildman–Crippen LogP) is 5.25. The Morgan fingerprint density at radius 1 is 0.950 bits per heavy atom. The van der Waals surface area contributed by atoms with Crippen molar-refractivity contribution in [3.05, 3.63) is 30.3 Å². The molecular formula is C18H32OSi. The molecule has 1 nitrogen and oxygen atoms in total. The number of rotatable bonds is 6. The summed E-state index contributed by atoms with van der Waals surface area (Å²) in [5.41, 5.74) is 1.16. The van der Waals surface area contributed by atoms with Crippen LogP contribution in [0.5, 0.6) is 0 Å². The van der Waals surface area contributed by atoms with Crippen molar-refractivity contribution in [2.24, 2.45) is 0 Å². The van der Waals surface area contributed by atoms with E-state index in [-0.39, 0.29) is 5.60 Å². The van der Waals surface area contributed by atoms with Crippen LogP contribution in [0, 0.1) is 0 Å². The highest BCUT2D eigenvalue weighted by Gasteiger charge is 2.48. The highest BCUT2D eigenvalue weighted by atomic mass is 28.4. The fourth-order valence-corrected chi connectivity index (χ4v) is 8.70. The third-order valence-electron chi connectivity index (χ3n) is 4.39. The first-order chi connectivity index (χ1) is 9.28. The molecule has 114 valence electrons. The molecule has 1 aromatic rings. The van der Waals surface area contributed by atoms with E-state index in [1.54, 1.807) is 0 Å². The smallest absolute Gasteiger partial charge is 0.230 e. The molecule has 0 fully saturated rings. The standard InChI is InChI=1S/C18H32OSi/c1-8-15(3)20(16(4)9-2,19-18(5,6)7)17-13-11-10-12-14-17/h10-16H,8-9H2,1-7H3. The lowest BCUT2D eigenvalue weighted by atomic mass is 10.2. The van der Waals surface area contributed by atoms with Gasteiger partial charge in [-0.1, -0.05) is 70.9 Å². The van der Waals surface area contributed by atoms with Gasteiger partial charge in [0.05, 0.1) is 0 Å². The molecule has 0 saturated carbocycles. The minimum atomic E-state index is -2.01. The summed E-state index contributed by atoms with van der Waals surface area (Å²) in [6.45, 7) is 16.0. The Morgan fingerprint density at radius 3 is 1.75 bits per heavy atom. The summed E-state index contributed by atoms with van der Waals surface area (Å²) in [5, 5.41) is 1.46. The summed E-state index contributed by atoms with van der Waals surface area (Å²) in [5.74, 6) is 0. The van der Waals surface area contributed by atoms with Crippen LogP contribution in [0.25, 0.3) is 0 Å². The molecular weight excluding hydrogens is 260 g/mol. The van der Waals surface area contributed by atoms with Crippen molar-refractivity contribution >= 4 is 13.5 Å². The molecule has 0 spiro atoms. The summed E-state index contributed by atoms with van der Waals surface area (Å²) >= 11 is 0. The molecule has 1 rings (SSSR count). The van der Waals surface area contributed by atoms with Gasteiger partial charge in [-0.15, -0.1) is 0 Å². The third kappa shape index (κ3) is 3.73. The van der Waals surface area contributed by atoms with Crippen molar-refractivity contribution in [2.75, 3.05) is 0 Å². The Hall–Kier alpha value is -0.603. The Balaban J connectivity index is 3.41. The van der Waals surface area contributed by atoms with Gasteiger partial charge in [-0.2, -0.15) is 0 Å². The van der Waals surface area contributed by atoms with E-state index in [1.807, 2.05) is 0 Å². The second-order valence-electron chi connectivity index (χ2n) is 6.99. The van der Waals surface area contributed by atoms with Crippen molar-refractivity contribution in [2.45, 2.75) is 78.0 Å². The van der Waals surface area contributed by atoms with Crippen LogP contribution in [0.4, 0.5) is 0 Å². The van der Waals surface area contributed by atoms with Crippen LogP contribution in [-0.2, 0) is 4.43 Å². The van der Waals surface area contributed by atoms with Crippen molar-refractivity contribution in [3.8, 4) is 0 Å². The van der Waals surface area contributed by atoms with Crippen molar-refractivity contribution in [1.29, 1.82) is 0 Å². The van der Waals surface area contributed by atoms with Crippen LogP contribution in [0.2, 0.25) is 11.1 Å². The Labute approximate surface area is 126 Å². The largest absolute Gasteiger partial charge is 0.407 e. The lowest BCUT2D eigenvalue weighted by molar-refractivity contribution is 0.113. The van der Waals surface area contributed by atoms with E-state index >= 15 is 0 Å². The Bertz CT molecular complexity index is 384. The monoisotopic (exact) mass is 292 g/mol. The summed E-state index contributed by atoms with van der Waals surface area (Å²) < 4.78 is 6.86. The number of hydrogen-bond acceptors (Lipinski definition) is 1. The second kappa shape index (κ2) is 6.90. The molecule has 0 heterocycles. The summed E-state index contributed by atoms with van der Waals surface area (Å²) in [6, 6.07) is 11.0. The normalized spacial score (nSPS) is 18.4. The molecule has 2 heteroatoms. The Kier molecular flexibility index (Phi) is 6.02. The lowest BCUT2D eigenvalue weighted by Crippen LogP contribution is -2.60. The van der Waals surface area contributed by atoms with Crippen LogP contribution >= 0.6 is 0 Å². The summed E-state index contributed by atoms with van der Waals surface area (Å²) in [4.78, 5) is 0. The minimum Gasteiger partial charge on any atom is -0.407 e. The molecule has 0 aliphatic carbocycles. The maximum Gasteiger partial charge on any atom is 0.230 e. The molecule has 0 aliphatic rings. The van der Waals surface area contributed by atoms with E-state index < -0.39 is 8.32 Å². The minimum absolute atomic E-state index is 0.0884. The van der Waals surface area contributed by atoms with Crippen molar-refractivity contribution in [1.82, 2.24) is 0 Å². The third-order valence-corrected chi connectivity index (χ3v) is 10.3. The van der Waals surface area contributed by atoms with E-state index in [9.17, 15) is 0 Å². The highest BCUT2D eigenvalue weighted by molar-refractivity contribution is 6.89. The summed E-state index contributed by atoms with van der Waals surface area (Å²) in [6.07, 6.45) is 2.36. The Morgan fingerprint density at radius 2 is 1.40 bits per heavy atom. The van der Waals surface area contributed by atoms with Gasteiger partial charge in [0.15, 0.2) is 0 Å². The van der Waals surface area contributed by atoms with E-state index in [2.05, 4.69) is 78.8 Å². The first-order valence-corrected chi connectivity index (χ1v) is 10.1. The van der Waals surface area contributed by atoms with Gasteiger partial charge in [0.25, 0.3) is 0 Å². The molecule has 0 aromatic heterocycles. The second-order valence-corrected chi connectivity index (χ2v) is 11.3. The van der Waals surface area contributed by atoms with Gasteiger partial charge in [0, 0.05) is 5.60 Å². The molecule has 0 amide bonds. The molecule has 0 bridgehead atoms. The van der Waals surface area contributed by atoms with Crippen LogP contribution in [0.1, 0.15) is 61.3 Å². The van der Waals surface area contributed by atoms with Crippen LogP contribution in [-0.4, -0.2) is 13.9 Å². The highest BCUT2D eigenvalue weighted by Crippen LogP contribution is 2.40. The van der Waals surface area contributed by atoms with E-state index in [0.29, 0.717) is 11.1 Å².